The molecule has 0 amide bonds. The lowest BCUT2D eigenvalue weighted by atomic mass is 10.7. The Morgan fingerprint density at radius 3 is 2.00 bits per heavy atom. The van der Waals surface area contributed by atoms with E-state index in [9.17, 15) is 0 Å². The van der Waals surface area contributed by atoms with Crippen molar-refractivity contribution in [3.63, 3.8) is 0 Å². The molecule has 0 aliphatic rings. The van der Waals surface area contributed by atoms with Crippen molar-refractivity contribution >= 4 is 6.72 Å². The third-order valence-electron chi connectivity index (χ3n) is 0.518. The van der Waals surface area contributed by atoms with E-state index in [1.807, 2.05) is 0 Å². The Bertz CT molecular complexity index is 56.9. The molecule has 1 unspecified atom stereocenters. The SMILES string of the molecule is C=NCO.CNC(C)O. The maximum Gasteiger partial charge on any atom is 0.133 e. The maximum atomic E-state index is 8.25. The standard InChI is InChI=1S/C3H9NO.C2H5NO/c1-3(5)4-2;1-3-2-4/h3-5H,1-2H3;4H,1-2H2. The molecule has 0 aromatic carbocycles. The predicted molar refractivity (Wildman–Crippen MR) is 37.4 cm³/mol. The topological polar surface area (TPSA) is 64.9 Å². The molecular formula is C5H14N2O2. The normalized spacial score (nSPS) is 11.1. The highest BCUT2D eigenvalue weighted by molar-refractivity contribution is 5.22. The van der Waals surface area contributed by atoms with E-state index in [1.165, 1.54) is 0 Å². The Kier molecular flexibility index (Phi) is 13.3. The van der Waals surface area contributed by atoms with Crippen LogP contribution in [-0.4, -0.2) is 36.9 Å². The molecule has 3 N–H and O–H groups in total. The zero-order valence-electron chi connectivity index (χ0n) is 5.83. The van der Waals surface area contributed by atoms with Crippen molar-refractivity contribution in [3.05, 3.63) is 0 Å². The number of aliphatic hydroxyl groups is 2. The Balaban J connectivity index is 0. The van der Waals surface area contributed by atoms with E-state index in [4.69, 9.17) is 10.2 Å². The Morgan fingerprint density at radius 2 is 2.00 bits per heavy atom. The zero-order valence-corrected chi connectivity index (χ0v) is 5.83. The highest BCUT2D eigenvalue weighted by Gasteiger charge is 1.78. The van der Waals surface area contributed by atoms with Crippen LogP contribution in [0, 0.1) is 0 Å². The molecule has 0 rings (SSSR count). The summed E-state index contributed by atoms with van der Waals surface area (Å²) in [6.07, 6.45) is -0.366. The average molecular weight is 134 g/mol. The Labute approximate surface area is 55.2 Å². The van der Waals surface area contributed by atoms with Crippen molar-refractivity contribution in [1.29, 1.82) is 0 Å². The maximum absolute atomic E-state index is 8.25. The fourth-order valence-electron chi connectivity index (χ4n) is 0. The van der Waals surface area contributed by atoms with Crippen molar-refractivity contribution in [2.24, 2.45) is 4.99 Å². The van der Waals surface area contributed by atoms with Crippen LogP contribution in [0.25, 0.3) is 0 Å². The van der Waals surface area contributed by atoms with Crippen LogP contribution in [0.4, 0.5) is 0 Å². The first-order valence-electron chi connectivity index (χ1n) is 2.57. The van der Waals surface area contributed by atoms with E-state index in [0.29, 0.717) is 0 Å². The van der Waals surface area contributed by atoms with Gasteiger partial charge in [0.15, 0.2) is 0 Å². The first kappa shape index (κ1) is 11.4. The van der Waals surface area contributed by atoms with Gasteiger partial charge in [0.2, 0.25) is 0 Å². The molecular weight excluding hydrogens is 120 g/mol. The molecule has 0 heterocycles. The number of hydrogen-bond acceptors (Lipinski definition) is 4. The van der Waals surface area contributed by atoms with E-state index in [2.05, 4.69) is 17.0 Å². The van der Waals surface area contributed by atoms with Gasteiger partial charge in [0.05, 0.1) is 0 Å². The molecule has 0 saturated heterocycles. The fraction of sp³-hybridized carbons (Fsp3) is 0.800. The van der Waals surface area contributed by atoms with Gasteiger partial charge in [-0.05, 0) is 20.7 Å². The zero-order chi connectivity index (χ0) is 7.70. The van der Waals surface area contributed by atoms with E-state index in [1.54, 1.807) is 14.0 Å². The van der Waals surface area contributed by atoms with Crippen LogP contribution in [0.15, 0.2) is 4.99 Å². The van der Waals surface area contributed by atoms with Gasteiger partial charge in [0.25, 0.3) is 0 Å². The van der Waals surface area contributed by atoms with Gasteiger partial charge >= 0.3 is 0 Å². The van der Waals surface area contributed by atoms with Crippen molar-refractivity contribution in [2.45, 2.75) is 13.2 Å². The summed E-state index contributed by atoms with van der Waals surface area (Å²) in [5.41, 5.74) is 0. The second-order valence-electron chi connectivity index (χ2n) is 1.33. The fourth-order valence-corrected chi connectivity index (χ4v) is 0. The van der Waals surface area contributed by atoms with E-state index in [-0.39, 0.29) is 13.0 Å². The number of aliphatic imine (C=N–C) groups is 1. The molecule has 4 nitrogen and oxygen atoms in total. The molecule has 1 atom stereocenters. The highest BCUT2D eigenvalue weighted by Crippen LogP contribution is 1.59. The van der Waals surface area contributed by atoms with Crippen LogP contribution in [0.1, 0.15) is 6.92 Å². The van der Waals surface area contributed by atoms with Crippen molar-refractivity contribution in [1.82, 2.24) is 5.32 Å². The summed E-state index contributed by atoms with van der Waals surface area (Å²) < 4.78 is 0. The molecule has 0 aliphatic carbocycles. The number of hydrogen-bond donors (Lipinski definition) is 3. The second-order valence-corrected chi connectivity index (χ2v) is 1.33. The quantitative estimate of drug-likeness (QED) is 0.341. The molecule has 4 heteroatoms. The minimum absolute atomic E-state index is 0.167. The lowest BCUT2D eigenvalue weighted by Crippen LogP contribution is -2.19. The molecule has 0 radical (unpaired) electrons. The minimum Gasteiger partial charge on any atom is -0.379 e. The van der Waals surface area contributed by atoms with Gasteiger partial charge in [-0.15, -0.1) is 0 Å². The summed E-state index contributed by atoms with van der Waals surface area (Å²) in [4.78, 5) is 3.04. The van der Waals surface area contributed by atoms with Crippen molar-refractivity contribution < 1.29 is 10.2 Å². The summed E-state index contributed by atoms with van der Waals surface area (Å²) in [5.74, 6) is 0. The molecule has 0 spiro atoms. The number of rotatable bonds is 2. The second kappa shape index (κ2) is 10.5. The van der Waals surface area contributed by atoms with Gasteiger partial charge in [-0.3, -0.25) is 10.3 Å². The van der Waals surface area contributed by atoms with Gasteiger partial charge in [-0.25, -0.2) is 0 Å². The van der Waals surface area contributed by atoms with Gasteiger partial charge in [-0.1, -0.05) is 0 Å². The first-order valence-corrected chi connectivity index (χ1v) is 2.57. The highest BCUT2D eigenvalue weighted by atomic mass is 16.3. The van der Waals surface area contributed by atoms with Gasteiger partial charge in [0, 0.05) is 0 Å². The van der Waals surface area contributed by atoms with Crippen LogP contribution in [0.2, 0.25) is 0 Å². The van der Waals surface area contributed by atoms with Crippen molar-refractivity contribution in [2.75, 3.05) is 13.8 Å². The number of nitrogens with one attached hydrogen (secondary N) is 1. The van der Waals surface area contributed by atoms with Crippen LogP contribution < -0.4 is 5.32 Å². The summed E-state index contributed by atoms with van der Waals surface area (Å²) in [7, 11) is 1.70. The summed E-state index contributed by atoms with van der Waals surface area (Å²) in [5, 5.41) is 18.5. The third kappa shape index (κ3) is 35.8. The van der Waals surface area contributed by atoms with E-state index in [0.717, 1.165) is 0 Å². The number of aliphatic hydroxyl groups excluding tert-OH is 2. The number of nitrogens with zero attached hydrogens (tertiary/aromatic N) is 1. The lowest BCUT2D eigenvalue weighted by molar-refractivity contribution is 0.167. The molecule has 9 heavy (non-hydrogen) atoms. The van der Waals surface area contributed by atoms with Crippen LogP contribution in [-0.2, 0) is 0 Å². The van der Waals surface area contributed by atoms with Crippen LogP contribution >= 0.6 is 0 Å². The average Bonchev–Trinajstić information content (AvgIpc) is 1.89. The third-order valence-corrected chi connectivity index (χ3v) is 0.518. The molecule has 0 saturated carbocycles. The van der Waals surface area contributed by atoms with Gasteiger partial charge in [-0.2, -0.15) is 0 Å². The van der Waals surface area contributed by atoms with Crippen molar-refractivity contribution in [3.8, 4) is 0 Å². The first-order chi connectivity index (χ1) is 4.18. The molecule has 0 aromatic heterocycles. The Morgan fingerprint density at radius 1 is 1.78 bits per heavy atom. The van der Waals surface area contributed by atoms with Crippen LogP contribution in [0.3, 0.4) is 0 Å². The van der Waals surface area contributed by atoms with E-state index < -0.39 is 0 Å². The van der Waals surface area contributed by atoms with Gasteiger partial charge in [0.1, 0.15) is 13.0 Å². The predicted octanol–water partition coefficient (Wildman–Crippen LogP) is -0.819. The van der Waals surface area contributed by atoms with E-state index >= 15 is 0 Å². The smallest absolute Gasteiger partial charge is 0.133 e. The lowest BCUT2D eigenvalue weighted by Gasteiger charge is -1.94. The van der Waals surface area contributed by atoms with Gasteiger partial charge < -0.3 is 10.2 Å². The molecule has 0 aromatic rings. The molecule has 0 fully saturated rings. The largest absolute Gasteiger partial charge is 0.379 e. The summed E-state index contributed by atoms with van der Waals surface area (Å²) in [6, 6.07) is 0. The monoisotopic (exact) mass is 134 g/mol. The molecule has 0 aliphatic heterocycles. The summed E-state index contributed by atoms with van der Waals surface area (Å²) in [6.45, 7) is 4.48. The molecule has 0 bridgehead atoms. The Hall–Kier alpha value is -0.450. The molecule has 56 valence electrons. The van der Waals surface area contributed by atoms with Crippen LogP contribution in [0.5, 0.6) is 0 Å². The summed E-state index contributed by atoms with van der Waals surface area (Å²) >= 11 is 0. The minimum atomic E-state index is -0.366.